The fourth-order valence-electron chi connectivity index (χ4n) is 7.05. The molecule has 0 heterocycles. The maximum atomic E-state index is 12.8. The molecule has 0 spiro atoms. The average molecular weight is 695 g/mol. The zero-order chi connectivity index (χ0) is 35.9. The molecule has 49 heavy (non-hydrogen) atoms. The first-order valence-corrected chi connectivity index (χ1v) is 22.2. The van der Waals surface area contributed by atoms with Crippen molar-refractivity contribution in [1.29, 1.82) is 0 Å². The van der Waals surface area contributed by atoms with Crippen LogP contribution in [0.2, 0.25) is 0 Å². The molecule has 292 valence electrons. The average Bonchev–Trinajstić information content (AvgIpc) is 3.10. The molecular formula is C44H86O5. The van der Waals surface area contributed by atoms with E-state index in [1.54, 1.807) is 0 Å². The smallest absolute Gasteiger partial charge is 0.259 e. The number of hydrogen-bond acceptors (Lipinski definition) is 5. The summed E-state index contributed by atoms with van der Waals surface area (Å²) in [4.78, 5) is 35.7. The molecule has 0 aromatic rings. The molecule has 0 saturated heterocycles. The van der Waals surface area contributed by atoms with Crippen LogP contribution in [-0.2, 0) is 24.4 Å². The van der Waals surface area contributed by atoms with Gasteiger partial charge in [0.15, 0.2) is 0 Å². The van der Waals surface area contributed by atoms with E-state index in [1.807, 2.05) is 0 Å². The predicted octanol–water partition coefficient (Wildman–Crippen LogP) is 15.3. The maximum Gasteiger partial charge on any atom is 0.349 e. The molecule has 0 aliphatic heterocycles. The number of carbonyl (C=O) groups is 2. The van der Waals surface area contributed by atoms with Crippen molar-refractivity contribution in [2.24, 2.45) is 11.8 Å². The Balaban J connectivity index is 4.09. The summed E-state index contributed by atoms with van der Waals surface area (Å²) >= 11 is 0. The summed E-state index contributed by atoms with van der Waals surface area (Å²) in [5.41, 5.74) is 0. The van der Waals surface area contributed by atoms with Crippen LogP contribution in [0.1, 0.15) is 259 Å². The van der Waals surface area contributed by atoms with Crippen molar-refractivity contribution < 1.29 is 24.4 Å². The van der Waals surface area contributed by atoms with Crippen LogP contribution in [0.25, 0.3) is 0 Å². The van der Waals surface area contributed by atoms with Crippen molar-refractivity contribution in [3.8, 4) is 0 Å². The van der Waals surface area contributed by atoms with Gasteiger partial charge in [-0.05, 0) is 25.7 Å². The summed E-state index contributed by atoms with van der Waals surface area (Å²) in [5, 5.41) is 4.83. The van der Waals surface area contributed by atoms with E-state index in [0.717, 1.165) is 77.0 Å². The Bertz CT molecular complexity index is 624. The molecular weight excluding hydrogens is 608 g/mol. The van der Waals surface area contributed by atoms with Gasteiger partial charge in [0.2, 0.25) is 0 Å². The van der Waals surface area contributed by atoms with Gasteiger partial charge >= 0.3 is 11.9 Å². The van der Waals surface area contributed by atoms with Crippen LogP contribution in [0.15, 0.2) is 0 Å². The lowest BCUT2D eigenvalue weighted by molar-refractivity contribution is -0.462. The Morgan fingerprint density at radius 2 is 0.510 bits per heavy atom. The Hall–Kier alpha value is -1.10. The van der Waals surface area contributed by atoms with Gasteiger partial charge < -0.3 is 0 Å². The Morgan fingerprint density at radius 3 is 0.755 bits per heavy atom. The van der Waals surface area contributed by atoms with Crippen molar-refractivity contribution in [3.63, 3.8) is 0 Å². The lowest BCUT2D eigenvalue weighted by atomic mass is 9.95. The van der Waals surface area contributed by atoms with Crippen molar-refractivity contribution in [2.45, 2.75) is 259 Å². The van der Waals surface area contributed by atoms with Crippen LogP contribution in [0.4, 0.5) is 0 Å². The van der Waals surface area contributed by atoms with Gasteiger partial charge in [0.05, 0.1) is 11.8 Å². The minimum absolute atomic E-state index is 0.192. The van der Waals surface area contributed by atoms with Gasteiger partial charge in [-0.2, -0.15) is 0 Å². The van der Waals surface area contributed by atoms with Gasteiger partial charge in [-0.15, -0.1) is 0 Å². The molecule has 5 nitrogen and oxygen atoms in total. The van der Waals surface area contributed by atoms with Crippen LogP contribution in [-0.4, -0.2) is 11.9 Å². The largest absolute Gasteiger partial charge is 0.349 e. The van der Waals surface area contributed by atoms with E-state index >= 15 is 0 Å². The van der Waals surface area contributed by atoms with Crippen molar-refractivity contribution >= 4 is 11.9 Å². The zero-order valence-electron chi connectivity index (χ0n) is 33.7. The highest BCUT2D eigenvalue weighted by molar-refractivity contribution is 5.72. The van der Waals surface area contributed by atoms with Gasteiger partial charge in [0.25, 0.3) is 0 Å². The van der Waals surface area contributed by atoms with E-state index in [-0.39, 0.29) is 11.8 Å². The number of hydrogen-bond donors (Lipinski definition) is 0. The first kappa shape index (κ1) is 47.9. The monoisotopic (exact) mass is 695 g/mol. The van der Waals surface area contributed by atoms with Crippen LogP contribution < -0.4 is 0 Å². The molecule has 0 bridgehead atoms. The molecule has 0 fully saturated rings. The van der Waals surface area contributed by atoms with Gasteiger partial charge in [-0.25, -0.2) is 9.59 Å². The topological polar surface area (TPSA) is 61.8 Å². The lowest BCUT2D eigenvalue weighted by Crippen LogP contribution is -2.22. The van der Waals surface area contributed by atoms with E-state index in [1.165, 1.54) is 154 Å². The van der Waals surface area contributed by atoms with Crippen molar-refractivity contribution in [3.05, 3.63) is 0 Å². The molecule has 0 N–H and O–H groups in total. The predicted molar refractivity (Wildman–Crippen MR) is 209 cm³/mol. The fourth-order valence-corrected chi connectivity index (χ4v) is 7.05. The summed E-state index contributed by atoms with van der Waals surface area (Å²) in [6.45, 7) is 8.84. The van der Waals surface area contributed by atoms with E-state index in [9.17, 15) is 9.59 Å². The van der Waals surface area contributed by atoms with Crippen LogP contribution in [0, 0.1) is 11.8 Å². The van der Waals surface area contributed by atoms with Crippen molar-refractivity contribution in [1.82, 2.24) is 0 Å². The normalized spacial score (nSPS) is 12.7. The van der Waals surface area contributed by atoms with Gasteiger partial charge in [-0.1, -0.05) is 233 Å². The molecule has 0 rings (SSSR count). The number of unbranched alkanes of at least 4 members (excludes halogenated alkanes) is 28. The molecule has 0 radical (unpaired) electrons. The zero-order valence-corrected chi connectivity index (χ0v) is 33.7. The quantitative estimate of drug-likeness (QED) is 0.0363. The SMILES string of the molecule is CCCCCCCCCCCCCCCCC(CCCC)C(=O)OOOC(=O)C(CCCC)CCCCCCCCCCCCCCCC. The highest BCUT2D eigenvalue weighted by atomic mass is 17.5. The summed E-state index contributed by atoms with van der Waals surface area (Å²) < 4.78 is 0. The maximum absolute atomic E-state index is 12.8. The second-order valence-electron chi connectivity index (χ2n) is 15.3. The molecule has 0 aliphatic rings. The van der Waals surface area contributed by atoms with Gasteiger partial charge in [-0.3, -0.25) is 9.78 Å². The molecule has 0 aromatic heterocycles. The highest BCUT2D eigenvalue weighted by Gasteiger charge is 2.24. The van der Waals surface area contributed by atoms with E-state index in [2.05, 4.69) is 27.7 Å². The van der Waals surface area contributed by atoms with Crippen LogP contribution in [0.3, 0.4) is 0 Å². The Kier molecular flexibility index (Phi) is 38.8. The van der Waals surface area contributed by atoms with E-state index in [0.29, 0.717) is 0 Å². The molecule has 0 saturated carbocycles. The van der Waals surface area contributed by atoms with E-state index < -0.39 is 11.9 Å². The first-order valence-electron chi connectivity index (χ1n) is 22.2. The van der Waals surface area contributed by atoms with Gasteiger partial charge in [0, 0.05) is 5.04 Å². The van der Waals surface area contributed by atoms with Crippen LogP contribution >= 0.6 is 0 Å². The highest BCUT2D eigenvalue weighted by Crippen LogP contribution is 2.22. The third-order valence-corrected chi connectivity index (χ3v) is 10.5. The van der Waals surface area contributed by atoms with Gasteiger partial charge in [0.1, 0.15) is 0 Å². The molecule has 0 aliphatic carbocycles. The second-order valence-corrected chi connectivity index (χ2v) is 15.3. The Morgan fingerprint density at radius 1 is 0.306 bits per heavy atom. The lowest BCUT2D eigenvalue weighted by Gasteiger charge is -2.16. The van der Waals surface area contributed by atoms with Crippen LogP contribution in [0.5, 0.6) is 0 Å². The molecule has 2 atom stereocenters. The van der Waals surface area contributed by atoms with E-state index in [4.69, 9.17) is 14.8 Å². The number of rotatable bonds is 40. The molecule has 0 aromatic carbocycles. The fraction of sp³-hybridized carbons (Fsp3) is 0.955. The third kappa shape index (κ3) is 33.8. The minimum Gasteiger partial charge on any atom is -0.259 e. The molecule has 2 unspecified atom stereocenters. The molecule has 5 heteroatoms. The first-order chi connectivity index (χ1) is 24.1. The standard InChI is InChI=1S/C44H86O5/c1-5-9-13-15-17-19-21-23-25-27-29-31-33-35-39-41(37-11-7-3)43(45)47-49-48-44(46)42(38-12-8-4)40-36-34-32-30-28-26-24-22-20-18-16-14-10-6-2/h41-42H,5-40H2,1-4H3. The minimum atomic E-state index is -0.395. The Labute approximate surface area is 306 Å². The summed E-state index contributed by atoms with van der Waals surface area (Å²) in [6, 6.07) is 0. The second kappa shape index (κ2) is 39.7. The van der Waals surface area contributed by atoms with Crippen molar-refractivity contribution in [2.75, 3.05) is 0 Å². The summed E-state index contributed by atoms with van der Waals surface area (Å²) in [7, 11) is 0. The third-order valence-electron chi connectivity index (χ3n) is 10.5. The molecule has 0 amide bonds. The summed E-state index contributed by atoms with van der Waals surface area (Å²) in [5.74, 6) is -1.18. The summed E-state index contributed by atoms with van der Waals surface area (Å²) in [6.07, 6.45) is 44.3. The number of carbonyl (C=O) groups excluding carboxylic acids is 2.